The summed E-state index contributed by atoms with van der Waals surface area (Å²) in [5.41, 5.74) is 5.22. The Hall–Kier alpha value is -2.47. The van der Waals surface area contributed by atoms with Crippen LogP contribution in [0, 0.1) is 6.92 Å². The maximum atomic E-state index is 12.2. The van der Waals surface area contributed by atoms with E-state index in [-0.39, 0.29) is 0 Å². The molecule has 0 aliphatic carbocycles. The lowest BCUT2D eigenvalue weighted by atomic mass is 10.1. The van der Waals surface area contributed by atoms with E-state index in [1.807, 2.05) is 12.1 Å². The Kier molecular flexibility index (Phi) is 5.70. The molecule has 0 aromatic heterocycles. The average Bonchev–Trinajstić information content (AvgIpc) is 3.15. The number of sulfonamides is 1. The number of rotatable bonds is 6. The summed E-state index contributed by atoms with van der Waals surface area (Å²) in [7, 11) is -3.41. The van der Waals surface area contributed by atoms with Crippen LogP contribution in [0.4, 0.5) is 17.1 Å². The van der Waals surface area contributed by atoms with Crippen molar-refractivity contribution in [3.05, 3.63) is 65.7 Å². The van der Waals surface area contributed by atoms with Crippen molar-refractivity contribution in [1.82, 2.24) is 0 Å². The molecule has 0 unspecified atom stereocenters. The number of benzene rings is 2. The number of nitrogens with one attached hydrogen (secondary N) is 2. The number of anilines is 3. The fraction of sp³-hybridized carbons (Fsp3) is 0.364. The third-order valence-corrected chi connectivity index (χ3v) is 7.01. The maximum Gasteiger partial charge on any atom is 0.237 e. The summed E-state index contributed by atoms with van der Waals surface area (Å²) >= 11 is 0. The normalized spacial score (nSPS) is 14.4. The van der Waals surface area contributed by atoms with Gasteiger partial charge in [0.15, 0.2) is 0 Å². The summed E-state index contributed by atoms with van der Waals surface area (Å²) in [5, 5.41) is 3.47. The second-order valence-corrected chi connectivity index (χ2v) is 10.6. The fourth-order valence-corrected chi connectivity index (χ4v) is 3.68. The molecule has 1 heterocycles. The predicted molar refractivity (Wildman–Crippen MR) is 119 cm³/mol. The Morgan fingerprint density at radius 2 is 1.64 bits per heavy atom. The molecule has 28 heavy (non-hydrogen) atoms. The number of hydrogen-bond acceptors (Lipinski definition) is 4. The Balaban J connectivity index is 1.61. The molecule has 0 atom stereocenters. The van der Waals surface area contributed by atoms with Crippen LogP contribution in [0.1, 0.15) is 31.9 Å². The van der Waals surface area contributed by atoms with Gasteiger partial charge >= 0.3 is 0 Å². The van der Waals surface area contributed by atoms with Gasteiger partial charge in [-0.1, -0.05) is 24.3 Å². The highest BCUT2D eigenvalue weighted by Crippen LogP contribution is 2.25. The summed E-state index contributed by atoms with van der Waals surface area (Å²) in [6.07, 6.45) is 4.37. The monoisotopic (exact) mass is 399 g/mol. The predicted octanol–water partition coefficient (Wildman–Crippen LogP) is 4.52. The second kappa shape index (κ2) is 7.87. The summed E-state index contributed by atoms with van der Waals surface area (Å²) < 4.78 is 26.3. The molecule has 0 saturated carbocycles. The van der Waals surface area contributed by atoms with Crippen molar-refractivity contribution < 1.29 is 8.42 Å². The van der Waals surface area contributed by atoms with Crippen molar-refractivity contribution in [2.24, 2.45) is 0 Å². The minimum atomic E-state index is -3.41. The van der Waals surface area contributed by atoms with Gasteiger partial charge in [0.05, 0.1) is 4.75 Å². The fourth-order valence-electron chi connectivity index (χ4n) is 2.93. The van der Waals surface area contributed by atoms with Crippen molar-refractivity contribution >= 4 is 27.1 Å². The summed E-state index contributed by atoms with van der Waals surface area (Å²) in [6.45, 7) is 9.77. The molecule has 0 fully saturated rings. The molecule has 1 aliphatic heterocycles. The van der Waals surface area contributed by atoms with E-state index in [0.717, 1.165) is 24.3 Å². The molecule has 150 valence electrons. The average molecular weight is 400 g/mol. The van der Waals surface area contributed by atoms with Crippen LogP contribution in [0.2, 0.25) is 0 Å². The van der Waals surface area contributed by atoms with Crippen molar-refractivity contribution in [3.8, 4) is 0 Å². The lowest BCUT2D eigenvalue weighted by Gasteiger charge is -2.20. The van der Waals surface area contributed by atoms with Gasteiger partial charge in [-0.15, -0.1) is 0 Å². The van der Waals surface area contributed by atoms with Gasteiger partial charge in [0.1, 0.15) is 0 Å². The molecule has 0 bridgehead atoms. The molecule has 2 aromatic rings. The van der Waals surface area contributed by atoms with Crippen LogP contribution in [0.15, 0.2) is 54.6 Å². The highest BCUT2D eigenvalue weighted by Gasteiger charge is 2.28. The smallest absolute Gasteiger partial charge is 0.237 e. The summed E-state index contributed by atoms with van der Waals surface area (Å²) in [6, 6.07) is 14.0. The molecule has 5 nitrogen and oxygen atoms in total. The van der Waals surface area contributed by atoms with Crippen LogP contribution in [-0.4, -0.2) is 26.3 Å². The van der Waals surface area contributed by atoms with Gasteiger partial charge in [0, 0.05) is 36.7 Å². The first-order chi connectivity index (χ1) is 13.2. The number of aryl methyl sites for hydroxylation is 1. The van der Waals surface area contributed by atoms with E-state index < -0.39 is 14.8 Å². The molecule has 0 saturated heterocycles. The van der Waals surface area contributed by atoms with E-state index in [1.165, 1.54) is 11.3 Å². The first-order valence-electron chi connectivity index (χ1n) is 9.51. The van der Waals surface area contributed by atoms with Crippen molar-refractivity contribution in [3.63, 3.8) is 0 Å². The largest absolute Gasteiger partial charge is 0.381 e. The van der Waals surface area contributed by atoms with Crippen LogP contribution in [0.3, 0.4) is 0 Å². The van der Waals surface area contributed by atoms with Crippen LogP contribution in [-0.2, 0) is 16.6 Å². The first-order valence-corrected chi connectivity index (χ1v) is 11.0. The Labute approximate surface area is 168 Å². The van der Waals surface area contributed by atoms with Gasteiger partial charge in [-0.25, -0.2) is 8.42 Å². The minimum Gasteiger partial charge on any atom is -0.381 e. The molecular formula is C22H29N3O2S. The molecule has 1 aliphatic rings. The van der Waals surface area contributed by atoms with Gasteiger partial charge in [-0.2, -0.15) is 0 Å². The molecule has 0 spiro atoms. The SMILES string of the molecule is Cc1cc(N2CC=CC2)ccc1NCc1ccc(NS(=O)(=O)C(C)(C)C)cc1. The molecular weight excluding hydrogens is 370 g/mol. The van der Waals surface area contributed by atoms with Crippen LogP contribution < -0.4 is 14.9 Å². The minimum absolute atomic E-state index is 0.582. The topological polar surface area (TPSA) is 61.4 Å². The summed E-state index contributed by atoms with van der Waals surface area (Å²) in [5.74, 6) is 0. The lowest BCUT2D eigenvalue weighted by Crippen LogP contribution is -2.33. The van der Waals surface area contributed by atoms with E-state index in [4.69, 9.17) is 0 Å². The molecule has 0 amide bonds. The molecule has 2 N–H and O–H groups in total. The van der Waals surface area contributed by atoms with E-state index in [1.54, 1.807) is 32.9 Å². The zero-order valence-corrected chi connectivity index (χ0v) is 17.8. The van der Waals surface area contributed by atoms with E-state index in [9.17, 15) is 8.42 Å². The first kappa shape index (κ1) is 20.3. The molecule has 2 aromatic carbocycles. The zero-order chi connectivity index (χ0) is 20.4. The number of nitrogens with zero attached hydrogens (tertiary/aromatic N) is 1. The van der Waals surface area contributed by atoms with Crippen molar-refractivity contribution in [1.29, 1.82) is 0 Å². The highest BCUT2D eigenvalue weighted by atomic mass is 32.2. The summed E-state index contributed by atoms with van der Waals surface area (Å²) in [4.78, 5) is 2.33. The molecule has 0 radical (unpaired) electrons. The van der Waals surface area contributed by atoms with Crippen LogP contribution in [0.5, 0.6) is 0 Å². The van der Waals surface area contributed by atoms with E-state index in [2.05, 4.69) is 52.2 Å². The number of hydrogen-bond donors (Lipinski definition) is 2. The third kappa shape index (κ3) is 4.68. The lowest BCUT2D eigenvalue weighted by molar-refractivity contribution is 0.566. The maximum absolute atomic E-state index is 12.2. The van der Waals surface area contributed by atoms with Gasteiger partial charge in [-0.3, -0.25) is 4.72 Å². The van der Waals surface area contributed by atoms with E-state index >= 15 is 0 Å². The van der Waals surface area contributed by atoms with Gasteiger partial charge in [0.2, 0.25) is 10.0 Å². The Morgan fingerprint density at radius 3 is 2.21 bits per heavy atom. The Morgan fingerprint density at radius 1 is 1.00 bits per heavy atom. The quantitative estimate of drug-likeness (QED) is 0.701. The third-order valence-electron chi connectivity index (χ3n) is 4.89. The van der Waals surface area contributed by atoms with Crippen LogP contribution >= 0.6 is 0 Å². The zero-order valence-electron chi connectivity index (χ0n) is 17.0. The van der Waals surface area contributed by atoms with Gasteiger partial charge in [-0.05, 0) is 69.2 Å². The Bertz CT molecular complexity index is 950. The van der Waals surface area contributed by atoms with Crippen LogP contribution in [0.25, 0.3) is 0 Å². The van der Waals surface area contributed by atoms with E-state index in [0.29, 0.717) is 12.2 Å². The van der Waals surface area contributed by atoms with Gasteiger partial charge < -0.3 is 10.2 Å². The van der Waals surface area contributed by atoms with Crippen molar-refractivity contribution in [2.45, 2.75) is 39.0 Å². The molecule has 3 rings (SSSR count). The molecule has 6 heteroatoms. The van der Waals surface area contributed by atoms with Gasteiger partial charge in [0.25, 0.3) is 0 Å². The highest BCUT2D eigenvalue weighted by molar-refractivity contribution is 7.94. The standard InChI is InChI=1S/C22H29N3O2S/c1-17-15-20(25-13-5-6-14-25)11-12-21(17)23-16-18-7-9-19(10-8-18)24-28(26,27)22(2,3)4/h5-12,15,23-24H,13-14,16H2,1-4H3. The van der Waals surface area contributed by atoms with Crippen molar-refractivity contribution in [2.75, 3.05) is 28.0 Å². The second-order valence-electron chi connectivity index (χ2n) is 8.14.